The van der Waals surface area contributed by atoms with Gasteiger partial charge in [0.25, 0.3) is 5.91 Å². The van der Waals surface area contributed by atoms with E-state index in [9.17, 15) is 26.4 Å². The number of carbonyl (C=O) groups excluding carboxylic acids is 1. The Kier molecular flexibility index (Phi) is 5.25. The summed E-state index contributed by atoms with van der Waals surface area (Å²) >= 11 is 0. The molecule has 0 saturated carbocycles. The zero-order valence-electron chi connectivity index (χ0n) is 14.2. The average molecular weight is 398 g/mol. The lowest BCUT2D eigenvalue weighted by atomic mass is 10.1. The fourth-order valence-electron chi connectivity index (χ4n) is 2.80. The molecule has 1 aliphatic heterocycles. The monoisotopic (exact) mass is 398 g/mol. The van der Waals surface area contributed by atoms with Gasteiger partial charge in [-0.3, -0.25) is 4.79 Å². The molecule has 3 rings (SSSR count). The van der Waals surface area contributed by atoms with Crippen molar-refractivity contribution in [1.29, 1.82) is 0 Å². The topological polar surface area (TPSA) is 66.5 Å². The van der Waals surface area contributed by atoms with Crippen LogP contribution in [0.1, 0.15) is 28.8 Å². The fourth-order valence-corrected chi connectivity index (χ4v) is 4.32. The number of hydrogen-bond acceptors (Lipinski definition) is 3. The van der Waals surface area contributed by atoms with Crippen molar-refractivity contribution in [3.05, 3.63) is 59.7 Å². The maximum absolute atomic E-state index is 12.6. The van der Waals surface area contributed by atoms with Gasteiger partial charge in [-0.15, -0.1) is 0 Å². The first-order valence-electron chi connectivity index (χ1n) is 8.27. The molecular formula is C18H17F3N2O3S. The number of sulfonamides is 1. The highest BCUT2D eigenvalue weighted by molar-refractivity contribution is 7.89. The van der Waals surface area contributed by atoms with Crippen molar-refractivity contribution in [1.82, 2.24) is 4.31 Å². The third kappa shape index (κ3) is 4.30. The van der Waals surface area contributed by atoms with Crippen LogP contribution in [0.5, 0.6) is 0 Å². The van der Waals surface area contributed by atoms with Crippen molar-refractivity contribution in [2.45, 2.75) is 23.9 Å². The SMILES string of the molecule is O=C(Nc1ccc(S(=O)(=O)N2CCCC2)cc1)c1ccc(C(F)(F)F)cc1. The van der Waals surface area contributed by atoms with Crippen LogP contribution < -0.4 is 5.32 Å². The van der Waals surface area contributed by atoms with E-state index in [0.717, 1.165) is 37.1 Å². The van der Waals surface area contributed by atoms with Gasteiger partial charge in [0, 0.05) is 24.3 Å². The second kappa shape index (κ2) is 7.32. The average Bonchev–Trinajstić information content (AvgIpc) is 3.17. The Morgan fingerprint density at radius 3 is 2.00 bits per heavy atom. The first-order valence-corrected chi connectivity index (χ1v) is 9.71. The van der Waals surface area contributed by atoms with Gasteiger partial charge in [-0.05, 0) is 61.4 Å². The van der Waals surface area contributed by atoms with E-state index in [2.05, 4.69) is 5.32 Å². The third-order valence-electron chi connectivity index (χ3n) is 4.29. The smallest absolute Gasteiger partial charge is 0.322 e. The molecule has 1 saturated heterocycles. The number of halogens is 3. The van der Waals surface area contributed by atoms with Gasteiger partial charge >= 0.3 is 6.18 Å². The Labute approximate surface area is 154 Å². The van der Waals surface area contributed by atoms with Gasteiger partial charge < -0.3 is 5.32 Å². The largest absolute Gasteiger partial charge is 0.416 e. The minimum Gasteiger partial charge on any atom is -0.322 e. The summed E-state index contributed by atoms with van der Waals surface area (Å²) in [6.07, 6.45) is -2.80. The summed E-state index contributed by atoms with van der Waals surface area (Å²) in [7, 11) is -3.54. The molecule has 0 spiro atoms. The molecule has 0 unspecified atom stereocenters. The van der Waals surface area contributed by atoms with Crippen LogP contribution in [0.4, 0.5) is 18.9 Å². The number of benzene rings is 2. The number of anilines is 1. The van der Waals surface area contributed by atoms with Gasteiger partial charge in [-0.1, -0.05) is 0 Å². The molecule has 1 heterocycles. The molecule has 0 bridgehead atoms. The van der Waals surface area contributed by atoms with Crippen LogP contribution in [0.25, 0.3) is 0 Å². The van der Waals surface area contributed by atoms with Crippen LogP contribution in [0.3, 0.4) is 0 Å². The third-order valence-corrected chi connectivity index (χ3v) is 6.20. The number of nitrogens with one attached hydrogen (secondary N) is 1. The fraction of sp³-hybridized carbons (Fsp3) is 0.278. The zero-order chi connectivity index (χ0) is 19.7. The van der Waals surface area contributed by atoms with Gasteiger partial charge in [0.1, 0.15) is 0 Å². The summed E-state index contributed by atoms with van der Waals surface area (Å²) in [6, 6.07) is 9.54. The lowest BCUT2D eigenvalue weighted by molar-refractivity contribution is -0.137. The van der Waals surface area contributed by atoms with Crippen LogP contribution >= 0.6 is 0 Å². The van der Waals surface area contributed by atoms with Crippen LogP contribution in [-0.2, 0) is 16.2 Å². The molecule has 1 amide bonds. The van der Waals surface area contributed by atoms with E-state index in [0.29, 0.717) is 18.8 Å². The minimum absolute atomic E-state index is 0.0664. The molecule has 144 valence electrons. The molecule has 0 aromatic heterocycles. The maximum atomic E-state index is 12.6. The van der Waals surface area contributed by atoms with Crippen molar-refractivity contribution in [2.24, 2.45) is 0 Å². The van der Waals surface area contributed by atoms with E-state index in [1.54, 1.807) is 0 Å². The summed E-state index contributed by atoms with van der Waals surface area (Å²) in [5.41, 5.74) is -0.424. The van der Waals surface area contributed by atoms with Crippen molar-refractivity contribution in [3.8, 4) is 0 Å². The van der Waals surface area contributed by atoms with Crippen LogP contribution in [-0.4, -0.2) is 31.7 Å². The second-order valence-electron chi connectivity index (χ2n) is 6.16. The number of nitrogens with zero attached hydrogens (tertiary/aromatic N) is 1. The van der Waals surface area contributed by atoms with Crippen LogP contribution in [0, 0.1) is 0 Å². The molecule has 0 radical (unpaired) electrons. The van der Waals surface area contributed by atoms with E-state index in [1.807, 2.05) is 0 Å². The molecule has 5 nitrogen and oxygen atoms in total. The molecule has 1 aliphatic rings. The van der Waals surface area contributed by atoms with Gasteiger partial charge in [-0.2, -0.15) is 17.5 Å². The predicted octanol–water partition coefficient (Wildman–Crippen LogP) is 3.74. The lowest BCUT2D eigenvalue weighted by Crippen LogP contribution is -2.27. The standard InChI is InChI=1S/C18H17F3N2O3S/c19-18(20,21)14-5-3-13(4-6-14)17(24)22-15-7-9-16(10-8-15)27(25,26)23-11-1-2-12-23/h3-10H,1-2,11-12H2,(H,22,24). The molecular weight excluding hydrogens is 381 g/mol. The molecule has 9 heteroatoms. The number of rotatable bonds is 4. The van der Waals surface area contributed by atoms with Gasteiger partial charge in [0.2, 0.25) is 10.0 Å². The number of amides is 1. The first kappa shape index (κ1) is 19.4. The second-order valence-corrected chi connectivity index (χ2v) is 8.10. The molecule has 27 heavy (non-hydrogen) atoms. The van der Waals surface area contributed by atoms with Crippen molar-refractivity contribution in [3.63, 3.8) is 0 Å². The predicted molar refractivity (Wildman–Crippen MR) is 93.8 cm³/mol. The Balaban J connectivity index is 1.70. The summed E-state index contributed by atoms with van der Waals surface area (Å²) < 4.78 is 64.0. The Morgan fingerprint density at radius 1 is 0.926 bits per heavy atom. The molecule has 2 aromatic rings. The number of alkyl halides is 3. The van der Waals surface area contributed by atoms with Gasteiger partial charge in [0.15, 0.2) is 0 Å². The van der Waals surface area contributed by atoms with Crippen LogP contribution in [0.15, 0.2) is 53.4 Å². The Bertz CT molecular complexity index is 918. The minimum atomic E-state index is -4.47. The molecule has 1 fully saturated rings. The normalized spacial score (nSPS) is 15.7. The highest BCUT2D eigenvalue weighted by atomic mass is 32.2. The van der Waals surface area contributed by atoms with Crippen LogP contribution in [0.2, 0.25) is 0 Å². The van der Waals surface area contributed by atoms with E-state index in [4.69, 9.17) is 0 Å². The number of carbonyl (C=O) groups is 1. The Hall–Kier alpha value is -2.39. The molecule has 1 N–H and O–H groups in total. The Morgan fingerprint density at radius 2 is 1.48 bits per heavy atom. The number of hydrogen-bond donors (Lipinski definition) is 1. The van der Waals surface area contributed by atoms with Crippen molar-refractivity contribution >= 4 is 21.6 Å². The maximum Gasteiger partial charge on any atom is 0.416 e. The van der Waals surface area contributed by atoms with Crippen molar-refractivity contribution in [2.75, 3.05) is 18.4 Å². The summed E-state index contributed by atoms with van der Waals surface area (Å²) in [5, 5.41) is 2.54. The van der Waals surface area contributed by atoms with Gasteiger partial charge in [0.05, 0.1) is 10.5 Å². The zero-order valence-corrected chi connectivity index (χ0v) is 15.0. The quantitative estimate of drug-likeness (QED) is 0.853. The lowest BCUT2D eigenvalue weighted by Gasteiger charge is -2.15. The highest BCUT2D eigenvalue weighted by Crippen LogP contribution is 2.29. The summed E-state index contributed by atoms with van der Waals surface area (Å²) in [6.45, 7) is 0.990. The van der Waals surface area contributed by atoms with E-state index in [-0.39, 0.29) is 10.5 Å². The van der Waals surface area contributed by atoms with E-state index >= 15 is 0 Å². The first-order chi connectivity index (χ1) is 12.7. The van der Waals surface area contributed by atoms with E-state index in [1.165, 1.54) is 28.6 Å². The molecule has 0 aliphatic carbocycles. The molecule has 0 atom stereocenters. The van der Waals surface area contributed by atoms with Gasteiger partial charge in [-0.25, -0.2) is 8.42 Å². The highest BCUT2D eigenvalue weighted by Gasteiger charge is 2.30. The summed E-state index contributed by atoms with van der Waals surface area (Å²) in [4.78, 5) is 12.3. The molecule has 2 aromatic carbocycles. The van der Waals surface area contributed by atoms with Crippen molar-refractivity contribution < 1.29 is 26.4 Å². The summed E-state index contributed by atoms with van der Waals surface area (Å²) in [5.74, 6) is -0.584. The van der Waals surface area contributed by atoms with E-state index < -0.39 is 27.7 Å².